The van der Waals surface area contributed by atoms with Crippen molar-refractivity contribution in [1.82, 2.24) is 0 Å². The zero-order valence-electron chi connectivity index (χ0n) is 9.56. The van der Waals surface area contributed by atoms with Crippen LogP contribution < -0.4 is 0 Å². The molecule has 0 bridgehead atoms. The van der Waals surface area contributed by atoms with Gasteiger partial charge in [-0.25, -0.2) is 0 Å². The fourth-order valence-electron chi connectivity index (χ4n) is 1.46. The Morgan fingerprint density at radius 3 is 2.06 bits per heavy atom. The normalized spacial score (nSPS) is 10.4. The molecule has 0 aliphatic rings. The van der Waals surface area contributed by atoms with E-state index in [0.717, 1.165) is 11.1 Å². The number of carbonyl (C=O) groups is 2. The van der Waals surface area contributed by atoms with Crippen LogP contribution in [0.15, 0.2) is 24.3 Å². The van der Waals surface area contributed by atoms with E-state index in [1.807, 2.05) is 26.0 Å². The highest BCUT2D eigenvalue weighted by Gasteiger charge is 2.12. The number of carbonyl (C=O) groups excluding carboxylic acids is 1. The molecule has 0 spiro atoms. The predicted octanol–water partition coefficient (Wildman–Crippen LogP) is 2.08. The highest BCUT2D eigenvalue weighted by atomic mass is 16.4. The molecule has 3 nitrogen and oxygen atoms in total. The highest BCUT2D eigenvalue weighted by molar-refractivity contribution is 5.83. The van der Waals surface area contributed by atoms with Gasteiger partial charge in [0.05, 0.1) is 6.42 Å². The molecule has 0 saturated heterocycles. The van der Waals surface area contributed by atoms with Crippen molar-refractivity contribution in [2.24, 2.45) is 5.92 Å². The predicted molar refractivity (Wildman–Crippen MR) is 61.3 cm³/mol. The maximum absolute atomic E-state index is 11.6. The molecule has 0 saturated carbocycles. The second-order valence-electron chi connectivity index (χ2n) is 4.14. The number of benzene rings is 1. The lowest BCUT2D eigenvalue weighted by Gasteiger charge is -2.08. The SMILES string of the molecule is CC(C)C(=O)Cc1ccccc1CC(=O)O. The molecule has 0 heterocycles. The lowest BCUT2D eigenvalue weighted by Crippen LogP contribution is -2.12. The number of hydrogen-bond acceptors (Lipinski definition) is 2. The number of carboxylic acid groups (broad SMARTS) is 1. The molecule has 3 heteroatoms. The second-order valence-corrected chi connectivity index (χ2v) is 4.14. The number of Topliss-reactive ketones (excluding diaryl/α,β-unsaturated/α-hetero) is 1. The second kappa shape index (κ2) is 5.45. The smallest absolute Gasteiger partial charge is 0.307 e. The summed E-state index contributed by atoms with van der Waals surface area (Å²) >= 11 is 0. The van der Waals surface area contributed by atoms with Crippen LogP contribution in [0.4, 0.5) is 0 Å². The molecule has 0 unspecified atom stereocenters. The molecule has 0 radical (unpaired) electrons. The summed E-state index contributed by atoms with van der Waals surface area (Å²) in [5.41, 5.74) is 1.55. The minimum atomic E-state index is -0.871. The highest BCUT2D eigenvalue weighted by Crippen LogP contribution is 2.12. The van der Waals surface area contributed by atoms with Gasteiger partial charge in [-0.2, -0.15) is 0 Å². The molecule has 16 heavy (non-hydrogen) atoms. The Bertz CT molecular complexity index is 394. The van der Waals surface area contributed by atoms with E-state index in [4.69, 9.17) is 5.11 Å². The Morgan fingerprint density at radius 1 is 1.12 bits per heavy atom. The number of hydrogen-bond donors (Lipinski definition) is 1. The Labute approximate surface area is 95.1 Å². The number of ketones is 1. The molecule has 0 atom stereocenters. The molecule has 1 N–H and O–H groups in total. The average Bonchev–Trinajstić information content (AvgIpc) is 2.20. The Kier molecular flexibility index (Phi) is 4.23. The largest absolute Gasteiger partial charge is 0.481 e. The molecular weight excluding hydrogens is 204 g/mol. The monoisotopic (exact) mass is 220 g/mol. The van der Waals surface area contributed by atoms with Crippen LogP contribution in [0.5, 0.6) is 0 Å². The van der Waals surface area contributed by atoms with E-state index >= 15 is 0 Å². The number of rotatable bonds is 5. The molecule has 0 amide bonds. The van der Waals surface area contributed by atoms with Crippen LogP contribution in [0.25, 0.3) is 0 Å². The Hall–Kier alpha value is -1.64. The third-order valence-corrected chi connectivity index (χ3v) is 2.47. The van der Waals surface area contributed by atoms with Gasteiger partial charge in [-0.05, 0) is 11.1 Å². The summed E-state index contributed by atoms with van der Waals surface area (Å²) in [7, 11) is 0. The van der Waals surface area contributed by atoms with Crippen LogP contribution in [-0.4, -0.2) is 16.9 Å². The van der Waals surface area contributed by atoms with Crippen LogP contribution in [0, 0.1) is 5.92 Å². The summed E-state index contributed by atoms with van der Waals surface area (Å²) in [4.78, 5) is 22.3. The van der Waals surface area contributed by atoms with E-state index in [1.54, 1.807) is 12.1 Å². The van der Waals surface area contributed by atoms with Crippen molar-refractivity contribution in [2.45, 2.75) is 26.7 Å². The van der Waals surface area contributed by atoms with Crippen molar-refractivity contribution in [3.05, 3.63) is 35.4 Å². The summed E-state index contributed by atoms with van der Waals surface area (Å²) in [5, 5.41) is 8.75. The van der Waals surface area contributed by atoms with Gasteiger partial charge in [0.25, 0.3) is 0 Å². The van der Waals surface area contributed by atoms with E-state index in [1.165, 1.54) is 0 Å². The summed E-state index contributed by atoms with van der Waals surface area (Å²) < 4.78 is 0. The first-order valence-electron chi connectivity index (χ1n) is 5.32. The van der Waals surface area contributed by atoms with Crippen LogP contribution >= 0.6 is 0 Å². The van der Waals surface area contributed by atoms with E-state index in [-0.39, 0.29) is 18.1 Å². The van der Waals surface area contributed by atoms with Gasteiger partial charge in [0.1, 0.15) is 5.78 Å². The van der Waals surface area contributed by atoms with Gasteiger partial charge in [-0.1, -0.05) is 38.1 Å². The van der Waals surface area contributed by atoms with Gasteiger partial charge in [-0.15, -0.1) is 0 Å². The molecule has 1 rings (SSSR count). The molecular formula is C13H16O3. The topological polar surface area (TPSA) is 54.4 Å². The van der Waals surface area contributed by atoms with Gasteiger partial charge in [0, 0.05) is 12.3 Å². The Balaban J connectivity index is 2.86. The first kappa shape index (κ1) is 12.4. The molecule has 0 aliphatic heterocycles. The first-order chi connectivity index (χ1) is 7.50. The fraction of sp³-hybridized carbons (Fsp3) is 0.385. The van der Waals surface area contributed by atoms with E-state index in [9.17, 15) is 9.59 Å². The van der Waals surface area contributed by atoms with Gasteiger partial charge >= 0.3 is 5.97 Å². The summed E-state index contributed by atoms with van der Waals surface area (Å²) in [6.45, 7) is 3.70. The van der Waals surface area contributed by atoms with Crippen LogP contribution in [0.3, 0.4) is 0 Å². The average molecular weight is 220 g/mol. The third kappa shape index (κ3) is 3.50. The third-order valence-electron chi connectivity index (χ3n) is 2.47. The minimum Gasteiger partial charge on any atom is -0.481 e. The van der Waals surface area contributed by atoms with Crippen molar-refractivity contribution < 1.29 is 14.7 Å². The zero-order chi connectivity index (χ0) is 12.1. The van der Waals surface area contributed by atoms with Crippen LogP contribution in [-0.2, 0) is 22.4 Å². The van der Waals surface area contributed by atoms with Crippen molar-refractivity contribution in [3.63, 3.8) is 0 Å². The van der Waals surface area contributed by atoms with Crippen molar-refractivity contribution in [1.29, 1.82) is 0 Å². The number of carboxylic acids is 1. The summed E-state index contributed by atoms with van der Waals surface area (Å²) in [6, 6.07) is 7.20. The maximum Gasteiger partial charge on any atom is 0.307 e. The lowest BCUT2D eigenvalue weighted by molar-refractivity contribution is -0.136. The fourth-order valence-corrected chi connectivity index (χ4v) is 1.46. The molecule has 1 aromatic rings. The van der Waals surface area contributed by atoms with Gasteiger partial charge in [0.2, 0.25) is 0 Å². The molecule has 0 fully saturated rings. The lowest BCUT2D eigenvalue weighted by atomic mass is 9.96. The van der Waals surface area contributed by atoms with Gasteiger partial charge in [0.15, 0.2) is 0 Å². The Morgan fingerprint density at radius 2 is 1.62 bits per heavy atom. The molecule has 0 aliphatic carbocycles. The van der Waals surface area contributed by atoms with Crippen LogP contribution in [0.1, 0.15) is 25.0 Å². The van der Waals surface area contributed by atoms with Crippen molar-refractivity contribution in [2.75, 3.05) is 0 Å². The van der Waals surface area contributed by atoms with E-state index in [2.05, 4.69) is 0 Å². The van der Waals surface area contributed by atoms with Gasteiger partial charge in [-0.3, -0.25) is 9.59 Å². The van der Waals surface area contributed by atoms with E-state index < -0.39 is 5.97 Å². The molecule has 1 aromatic carbocycles. The summed E-state index contributed by atoms with van der Waals surface area (Å²) in [6.07, 6.45) is 0.294. The van der Waals surface area contributed by atoms with Crippen molar-refractivity contribution in [3.8, 4) is 0 Å². The molecule has 0 aromatic heterocycles. The zero-order valence-corrected chi connectivity index (χ0v) is 9.56. The first-order valence-corrected chi connectivity index (χ1v) is 5.32. The maximum atomic E-state index is 11.6. The standard InChI is InChI=1S/C13H16O3/c1-9(2)12(14)7-10-5-3-4-6-11(10)8-13(15)16/h3-6,9H,7-8H2,1-2H3,(H,15,16). The quantitative estimate of drug-likeness (QED) is 0.826. The molecule has 86 valence electrons. The number of aliphatic carboxylic acids is 1. The summed E-state index contributed by atoms with van der Waals surface area (Å²) in [5.74, 6) is -0.750. The van der Waals surface area contributed by atoms with Crippen molar-refractivity contribution >= 4 is 11.8 Å². The minimum absolute atomic E-state index is 0.0158. The van der Waals surface area contributed by atoms with Crippen LogP contribution in [0.2, 0.25) is 0 Å². The van der Waals surface area contributed by atoms with Gasteiger partial charge < -0.3 is 5.11 Å². The van der Waals surface area contributed by atoms with E-state index in [0.29, 0.717) is 6.42 Å².